The Morgan fingerprint density at radius 2 is 1.95 bits per heavy atom. The summed E-state index contributed by atoms with van der Waals surface area (Å²) in [6.07, 6.45) is 1.70. The van der Waals surface area contributed by atoms with Gasteiger partial charge in [0.15, 0.2) is 0 Å². The molecule has 3 N–H and O–H groups in total. The Labute approximate surface area is 116 Å². The summed E-state index contributed by atoms with van der Waals surface area (Å²) in [7, 11) is 0. The Balaban J connectivity index is 1.66. The van der Waals surface area contributed by atoms with Crippen LogP contribution in [0.1, 0.15) is 0 Å². The van der Waals surface area contributed by atoms with Crippen LogP contribution in [0.2, 0.25) is 0 Å². The number of aromatic amines is 1. The van der Waals surface area contributed by atoms with Crippen molar-refractivity contribution >= 4 is 28.2 Å². The molecule has 0 fully saturated rings. The smallest absolute Gasteiger partial charge is 0.243 e. The first-order valence-corrected chi connectivity index (χ1v) is 6.34. The molecule has 0 aliphatic heterocycles. The number of hydrogen-bond donors (Lipinski definition) is 3. The van der Waals surface area contributed by atoms with Gasteiger partial charge < -0.3 is 10.6 Å². The monoisotopic (exact) mass is 266 g/mol. The minimum atomic E-state index is -0.0949. The van der Waals surface area contributed by atoms with Gasteiger partial charge in [-0.3, -0.25) is 9.89 Å². The van der Waals surface area contributed by atoms with E-state index in [1.54, 1.807) is 6.20 Å². The molecule has 3 aromatic rings. The number of rotatable bonds is 4. The van der Waals surface area contributed by atoms with Gasteiger partial charge in [-0.15, -0.1) is 0 Å². The van der Waals surface area contributed by atoms with Gasteiger partial charge in [0.05, 0.1) is 23.9 Å². The molecule has 0 bridgehead atoms. The Hall–Kier alpha value is -2.82. The number of anilines is 2. The van der Waals surface area contributed by atoms with E-state index < -0.39 is 0 Å². The number of aromatic nitrogens is 2. The maximum atomic E-state index is 11.9. The van der Waals surface area contributed by atoms with Crippen molar-refractivity contribution in [2.45, 2.75) is 0 Å². The molecule has 0 saturated carbocycles. The fourth-order valence-electron chi connectivity index (χ4n) is 2.01. The zero-order chi connectivity index (χ0) is 13.8. The number of para-hydroxylation sites is 1. The van der Waals surface area contributed by atoms with E-state index in [2.05, 4.69) is 20.8 Å². The molecule has 0 aliphatic carbocycles. The van der Waals surface area contributed by atoms with Gasteiger partial charge in [-0.2, -0.15) is 5.10 Å². The summed E-state index contributed by atoms with van der Waals surface area (Å²) < 4.78 is 0. The van der Waals surface area contributed by atoms with Gasteiger partial charge in [0.1, 0.15) is 0 Å². The highest BCUT2D eigenvalue weighted by Gasteiger charge is 2.06. The number of amides is 1. The fourth-order valence-corrected chi connectivity index (χ4v) is 2.01. The van der Waals surface area contributed by atoms with Gasteiger partial charge >= 0.3 is 0 Å². The van der Waals surface area contributed by atoms with Crippen LogP contribution in [0.15, 0.2) is 54.7 Å². The number of nitrogens with zero attached hydrogens (tertiary/aromatic N) is 1. The first kappa shape index (κ1) is 12.2. The van der Waals surface area contributed by atoms with E-state index in [9.17, 15) is 4.79 Å². The maximum absolute atomic E-state index is 11.9. The standard InChI is InChI=1S/C15H14N4O/c20-15(10-16-11-5-2-1-3-6-11)18-13-7-4-8-14-12(13)9-17-19-14/h1-9,16H,10H2,(H,17,19)(H,18,20). The number of carbonyl (C=O) groups is 1. The van der Waals surface area contributed by atoms with Gasteiger partial charge in [-0.1, -0.05) is 24.3 Å². The van der Waals surface area contributed by atoms with Gasteiger partial charge in [0, 0.05) is 11.1 Å². The minimum absolute atomic E-state index is 0.0949. The van der Waals surface area contributed by atoms with Crippen LogP contribution < -0.4 is 10.6 Å². The van der Waals surface area contributed by atoms with Crippen molar-refractivity contribution in [1.82, 2.24) is 10.2 Å². The number of carbonyl (C=O) groups excluding carboxylic acids is 1. The van der Waals surface area contributed by atoms with Crippen LogP contribution in [0.25, 0.3) is 10.9 Å². The SMILES string of the molecule is O=C(CNc1ccccc1)Nc1cccc2[nH]ncc12. The molecule has 0 spiro atoms. The first-order valence-electron chi connectivity index (χ1n) is 6.34. The first-order chi connectivity index (χ1) is 9.83. The molecule has 2 aromatic carbocycles. The van der Waals surface area contributed by atoms with Crippen molar-refractivity contribution in [3.8, 4) is 0 Å². The van der Waals surface area contributed by atoms with E-state index in [-0.39, 0.29) is 12.5 Å². The van der Waals surface area contributed by atoms with Crippen molar-refractivity contribution in [3.63, 3.8) is 0 Å². The lowest BCUT2D eigenvalue weighted by molar-refractivity contribution is -0.114. The van der Waals surface area contributed by atoms with Crippen molar-refractivity contribution in [3.05, 3.63) is 54.7 Å². The van der Waals surface area contributed by atoms with Crippen molar-refractivity contribution in [2.75, 3.05) is 17.2 Å². The van der Waals surface area contributed by atoms with Crippen molar-refractivity contribution in [2.24, 2.45) is 0 Å². The Bertz CT molecular complexity index is 721. The van der Waals surface area contributed by atoms with E-state index in [0.29, 0.717) is 0 Å². The Morgan fingerprint density at radius 1 is 1.10 bits per heavy atom. The van der Waals surface area contributed by atoms with Crippen LogP contribution >= 0.6 is 0 Å². The van der Waals surface area contributed by atoms with Crippen LogP contribution in [0, 0.1) is 0 Å². The third-order valence-corrected chi connectivity index (χ3v) is 2.99. The molecular formula is C15H14N4O. The number of hydrogen-bond acceptors (Lipinski definition) is 3. The minimum Gasteiger partial charge on any atom is -0.376 e. The summed E-state index contributed by atoms with van der Waals surface area (Å²) in [5.41, 5.74) is 2.58. The molecule has 5 nitrogen and oxygen atoms in total. The summed E-state index contributed by atoms with van der Waals surface area (Å²) in [4.78, 5) is 11.9. The zero-order valence-corrected chi connectivity index (χ0v) is 10.8. The van der Waals surface area contributed by atoms with E-state index in [4.69, 9.17) is 0 Å². The molecule has 1 amide bonds. The highest BCUT2D eigenvalue weighted by atomic mass is 16.1. The second-order valence-electron chi connectivity index (χ2n) is 4.40. The molecule has 1 aromatic heterocycles. The maximum Gasteiger partial charge on any atom is 0.243 e. The summed E-state index contributed by atoms with van der Waals surface area (Å²) in [6.45, 7) is 0.220. The number of fused-ring (bicyclic) bond motifs is 1. The molecule has 3 rings (SSSR count). The number of H-pyrrole nitrogens is 1. The zero-order valence-electron chi connectivity index (χ0n) is 10.8. The second kappa shape index (κ2) is 5.44. The average Bonchev–Trinajstić information content (AvgIpc) is 2.96. The molecule has 0 saturated heterocycles. The van der Waals surface area contributed by atoms with Crippen LogP contribution in [-0.2, 0) is 4.79 Å². The van der Waals surface area contributed by atoms with E-state index in [1.807, 2.05) is 48.5 Å². The summed E-state index contributed by atoms with van der Waals surface area (Å²) in [6, 6.07) is 15.3. The molecule has 0 atom stereocenters. The number of benzene rings is 2. The molecule has 0 radical (unpaired) electrons. The van der Waals surface area contributed by atoms with E-state index in [0.717, 1.165) is 22.3 Å². The highest BCUT2D eigenvalue weighted by molar-refractivity contribution is 6.02. The normalized spacial score (nSPS) is 10.4. The van der Waals surface area contributed by atoms with Gasteiger partial charge in [-0.05, 0) is 24.3 Å². The lowest BCUT2D eigenvalue weighted by Gasteiger charge is -2.08. The molecule has 100 valence electrons. The van der Waals surface area contributed by atoms with Gasteiger partial charge in [-0.25, -0.2) is 0 Å². The molecule has 20 heavy (non-hydrogen) atoms. The van der Waals surface area contributed by atoms with Crippen LogP contribution in [0.5, 0.6) is 0 Å². The van der Waals surface area contributed by atoms with Gasteiger partial charge in [0.2, 0.25) is 5.91 Å². The Kier molecular flexibility index (Phi) is 3.33. The van der Waals surface area contributed by atoms with Crippen molar-refractivity contribution < 1.29 is 4.79 Å². The van der Waals surface area contributed by atoms with Crippen LogP contribution in [0.3, 0.4) is 0 Å². The number of nitrogens with one attached hydrogen (secondary N) is 3. The quantitative estimate of drug-likeness (QED) is 0.680. The summed E-state index contributed by atoms with van der Waals surface area (Å²) in [5, 5.41) is 13.7. The fraction of sp³-hybridized carbons (Fsp3) is 0.0667. The van der Waals surface area contributed by atoms with Crippen molar-refractivity contribution in [1.29, 1.82) is 0 Å². The summed E-state index contributed by atoms with van der Waals surface area (Å²) in [5.74, 6) is -0.0949. The van der Waals surface area contributed by atoms with Crippen LogP contribution in [-0.4, -0.2) is 22.6 Å². The predicted octanol–water partition coefficient (Wildman–Crippen LogP) is 2.61. The lowest BCUT2D eigenvalue weighted by Crippen LogP contribution is -2.21. The predicted molar refractivity (Wildman–Crippen MR) is 79.7 cm³/mol. The second-order valence-corrected chi connectivity index (χ2v) is 4.40. The largest absolute Gasteiger partial charge is 0.376 e. The van der Waals surface area contributed by atoms with Gasteiger partial charge in [0.25, 0.3) is 0 Å². The third-order valence-electron chi connectivity index (χ3n) is 2.99. The molecule has 1 heterocycles. The Morgan fingerprint density at radius 3 is 2.80 bits per heavy atom. The van der Waals surface area contributed by atoms with E-state index in [1.165, 1.54) is 0 Å². The molecule has 5 heteroatoms. The lowest BCUT2D eigenvalue weighted by atomic mass is 10.2. The summed E-state index contributed by atoms with van der Waals surface area (Å²) >= 11 is 0. The molecular weight excluding hydrogens is 252 g/mol. The third kappa shape index (κ3) is 2.61. The topological polar surface area (TPSA) is 69.8 Å². The molecule has 0 unspecified atom stereocenters. The molecule has 0 aliphatic rings. The average molecular weight is 266 g/mol. The van der Waals surface area contributed by atoms with Crippen LogP contribution in [0.4, 0.5) is 11.4 Å². The highest BCUT2D eigenvalue weighted by Crippen LogP contribution is 2.20. The van der Waals surface area contributed by atoms with E-state index >= 15 is 0 Å².